The molecule has 1 aromatic heterocycles. The van der Waals surface area contributed by atoms with Gasteiger partial charge in [0.15, 0.2) is 0 Å². The van der Waals surface area contributed by atoms with Gasteiger partial charge in [0, 0.05) is 31.6 Å². The fraction of sp³-hybridized carbons (Fsp3) is 0.409. The Kier molecular flexibility index (Phi) is 6.59. The van der Waals surface area contributed by atoms with Crippen molar-refractivity contribution >= 4 is 22.0 Å². The number of rotatable bonds is 9. The third kappa shape index (κ3) is 5.16. The van der Waals surface area contributed by atoms with E-state index in [0.717, 1.165) is 17.7 Å². The minimum Gasteiger partial charge on any atom is -0.461 e. The Labute approximate surface area is 172 Å². The molecule has 1 N–H and O–H groups in total. The Hall–Kier alpha value is -2.38. The molecule has 2 atom stereocenters. The van der Waals surface area contributed by atoms with Gasteiger partial charge in [0.05, 0.1) is 4.90 Å². The van der Waals surface area contributed by atoms with Gasteiger partial charge in [-0.05, 0) is 48.2 Å². The Morgan fingerprint density at radius 2 is 1.83 bits per heavy atom. The monoisotopic (exact) mass is 416 g/mol. The smallest absolute Gasteiger partial charge is 0.244 e. The van der Waals surface area contributed by atoms with Crippen LogP contribution in [0.15, 0.2) is 51.8 Å². The topological polar surface area (TPSA) is 79.6 Å². The summed E-state index contributed by atoms with van der Waals surface area (Å²) in [6, 6.07) is 10.4. The molecule has 0 bridgehead atoms. The number of hydrogen-bond donors (Lipinski definition) is 1. The highest BCUT2D eigenvalue weighted by Gasteiger charge is 2.36. The highest BCUT2D eigenvalue weighted by atomic mass is 32.2. The summed E-state index contributed by atoms with van der Waals surface area (Å²) in [6.07, 6.45) is 4.26. The zero-order valence-electron chi connectivity index (χ0n) is 17.1. The second-order valence-electron chi connectivity index (χ2n) is 7.34. The van der Waals surface area contributed by atoms with Crippen molar-refractivity contribution in [3.8, 4) is 0 Å². The van der Waals surface area contributed by atoms with Crippen LogP contribution in [0.4, 0.5) is 0 Å². The molecule has 1 amide bonds. The normalized spacial score (nSPS) is 19.0. The van der Waals surface area contributed by atoms with Gasteiger partial charge < -0.3 is 9.73 Å². The quantitative estimate of drug-likeness (QED) is 0.631. The molecular weight excluding hydrogens is 388 g/mol. The summed E-state index contributed by atoms with van der Waals surface area (Å²) in [5, 5.41) is 2.79. The predicted octanol–water partition coefficient (Wildman–Crippen LogP) is 3.76. The summed E-state index contributed by atoms with van der Waals surface area (Å²) in [7, 11) is -3.47. The summed E-state index contributed by atoms with van der Waals surface area (Å²) < 4.78 is 32.2. The van der Waals surface area contributed by atoms with E-state index in [9.17, 15) is 13.2 Å². The van der Waals surface area contributed by atoms with Crippen molar-refractivity contribution in [2.24, 2.45) is 5.92 Å². The molecule has 1 fully saturated rings. The molecule has 1 heterocycles. The van der Waals surface area contributed by atoms with E-state index in [2.05, 4.69) is 12.2 Å². The van der Waals surface area contributed by atoms with Gasteiger partial charge in [-0.15, -0.1) is 0 Å². The zero-order valence-corrected chi connectivity index (χ0v) is 17.9. The van der Waals surface area contributed by atoms with Crippen LogP contribution in [0.2, 0.25) is 0 Å². The summed E-state index contributed by atoms with van der Waals surface area (Å²) >= 11 is 0. The maximum Gasteiger partial charge on any atom is 0.244 e. The lowest BCUT2D eigenvalue weighted by atomic mass is 10.2. The van der Waals surface area contributed by atoms with Crippen LogP contribution in [0.1, 0.15) is 50.2 Å². The number of benzene rings is 1. The van der Waals surface area contributed by atoms with Crippen LogP contribution in [0.3, 0.4) is 0 Å². The maximum absolute atomic E-state index is 12.5. The number of carbonyl (C=O) groups excluding carboxylic acids is 1. The average molecular weight is 417 g/mol. The molecule has 1 aliphatic carbocycles. The van der Waals surface area contributed by atoms with Crippen molar-refractivity contribution < 1.29 is 17.6 Å². The molecule has 6 nitrogen and oxygen atoms in total. The van der Waals surface area contributed by atoms with Crippen molar-refractivity contribution in [2.75, 3.05) is 13.1 Å². The van der Waals surface area contributed by atoms with Gasteiger partial charge in [0.25, 0.3) is 0 Å². The first-order valence-electron chi connectivity index (χ1n) is 9.99. The van der Waals surface area contributed by atoms with E-state index in [1.807, 2.05) is 26.0 Å². The minimum absolute atomic E-state index is 0.234. The second-order valence-corrected chi connectivity index (χ2v) is 9.28. The van der Waals surface area contributed by atoms with Crippen molar-refractivity contribution in [1.82, 2.24) is 9.62 Å². The fourth-order valence-corrected chi connectivity index (χ4v) is 4.73. The number of nitrogens with zero attached hydrogens (tertiary/aromatic N) is 1. The van der Waals surface area contributed by atoms with Gasteiger partial charge in [0.2, 0.25) is 15.9 Å². The average Bonchev–Trinajstić information content (AvgIpc) is 3.25. The number of hydrogen-bond acceptors (Lipinski definition) is 4. The Morgan fingerprint density at radius 3 is 2.41 bits per heavy atom. The van der Waals surface area contributed by atoms with Crippen LogP contribution >= 0.6 is 0 Å². The van der Waals surface area contributed by atoms with Crippen molar-refractivity contribution in [3.05, 3.63) is 59.6 Å². The largest absolute Gasteiger partial charge is 0.461 e. The molecule has 1 aromatic carbocycles. The van der Waals surface area contributed by atoms with Gasteiger partial charge in [-0.25, -0.2) is 8.42 Å². The van der Waals surface area contributed by atoms with Crippen molar-refractivity contribution in [3.63, 3.8) is 0 Å². The van der Waals surface area contributed by atoms with Crippen LogP contribution in [0, 0.1) is 5.92 Å². The molecule has 0 saturated heterocycles. The van der Waals surface area contributed by atoms with Crippen molar-refractivity contribution in [1.29, 1.82) is 0 Å². The summed E-state index contributed by atoms with van der Waals surface area (Å²) in [5.74, 6) is 2.61. The number of carbonyl (C=O) groups is 1. The van der Waals surface area contributed by atoms with Gasteiger partial charge >= 0.3 is 0 Å². The number of furan rings is 1. The maximum atomic E-state index is 12.5. The van der Waals surface area contributed by atoms with E-state index >= 15 is 0 Å². The number of sulfonamides is 1. The van der Waals surface area contributed by atoms with Gasteiger partial charge in [0.1, 0.15) is 11.5 Å². The van der Waals surface area contributed by atoms with E-state index in [-0.39, 0.29) is 10.8 Å². The first-order valence-corrected chi connectivity index (χ1v) is 11.4. The summed E-state index contributed by atoms with van der Waals surface area (Å²) in [6.45, 7) is 7.00. The Bertz CT molecular complexity index is 972. The predicted molar refractivity (Wildman–Crippen MR) is 113 cm³/mol. The minimum atomic E-state index is -3.47. The lowest BCUT2D eigenvalue weighted by Gasteiger charge is -2.18. The van der Waals surface area contributed by atoms with Gasteiger partial charge in [-0.1, -0.05) is 32.9 Å². The highest BCUT2D eigenvalue weighted by Crippen LogP contribution is 2.47. The van der Waals surface area contributed by atoms with Crippen LogP contribution in [-0.4, -0.2) is 31.7 Å². The van der Waals surface area contributed by atoms with E-state index in [0.29, 0.717) is 37.2 Å². The molecule has 29 heavy (non-hydrogen) atoms. The summed E-state index contributed by atoms with van der Waals surface area (Å²) in [4.78, 5) is 12.3. The molecule has 3 rings (SSSR count). The molecule has 156 valence electrons. The molecule has 1 saturated carbocycles. The van der Waals surface area contributed by atoms with E-state index in [1.54, 1.807) is 30.3 Å². The van der Waals surface area contributed by atoms with E-state index in [4.69, 9.17) is 4.42 Å². The Morgan fingerprint density at radius 1 is 1.17 bits per heavy atom. The van der Waals surface area contributed by atoms with Gasteiger partial charge in [-0.3, -0.25) is 4.79 Å². The van der Waals surface area contributed by atoms with Crippen LogP contribution in [-0.2, 0) is 21.4 Å². The van der Waals surface area contributed by atoms with E-state index in [1.165, 1.54) is 10.4 Å². The number of amides is 1. The molecule has 0 radical (unpaired) electrons. The molecular formula is C22H28N2O4S. The molecule has 2 aromatic rings. The molecule has 0 aliphatic heterocycles. The third-order valence-electron chi connectivity index (χ3n) is 5.25. The second kappa shape index (κ2) is 8.97. The fourth-order valence-electron chi connectivity index (χ4n) is 3.27. The highest BCUT2D eigenvalue weighted by molar-refractivity contribution is 7.89. The standard InChI is InChI=1S/C22H28N2O4S/c1-4-24(5-2)29(26,27)19-10-6-17(7-11-19)15-23-22(25)13-9-18-8-12-21(28-18)20-14-16(20)3/h6-13,16,20H,4-5,14-15H2,1-3H3,(H,23,25)/b13-9+. The first kappa shape index (κ1) is 21.3. The molecule has 1 aliphatic rings. The molecule has 7 heteroatoms. The summed E-state index contributed by atoms with van der Waals surface area (Å²) in [5.41, 5.74) is 0.827. The molecule has 2 unspecified atom stereocenters. The Balaban J connectivity index is 1.53. The zero-order chi connectivity index (χ0) is 21.0. The van der Waals surface area contributed by atoms with Crippen molar-refractivity contribution in [2.45, 2.75) is 44.6 Å². The number of nitrogens with one attached hydrogen (secondary N) is 1. The van der Waals surface area contributed by atoms with Crippen LogP contribution < -0.4 is 5.32 Å². The van der Waals surface area contributed by atoms with Crippen LogP contribution in [0.5, 0.6) is 0 Å². The lowest BCUT2D eigenvalue weighted by molar-refractivity contribution is -0.116. The van der Waals surface area contributed by atoms with Gasteiger partial charge in [-0.2, -0.15) is 4.31 Å². The first-order chi connectivity index (χ1) is 13.8. The molecule has 0 spiro atoms. The lowest BCUT2D eigenvalue weighted by Crippen LogP contribution is -2.30. The SMILES string of the molecule is CCN(CC)S(=O)(=O)c1ccc(CNC(=O)/C=C/c2ccc(C3CC3C)o2)cc1. The van der Waals surface area contributed by atoms with Crippen LogP contribution in [0.25, 0.3) is 6.08 Å². The van der Waals surface area contributed by atoms with E-state index < -0.39 is 10.0 Å². The third-order valence-corrected chi connectivity index (χ3v) is 7.32.